The summed E-state index contributed by atoms with van der Waals surface area (Å²) in [6.45, 7) is 4.78. The van der Waals surface area contributed by atoms with Crippen LogP contribution >= 0.6 is 0 Å². The van der Waals surface area contributed by atoms with Crippen molar-refractivity contribution in [2.45, 2.75) is 65.0 Å². The molecule has 1 aromatic rings. The molecule has 0 radical (unpaired) electrons. The quantitative estimate of drug-likeness (QED) is 0.849. The summed E-state index contributed by atoms with van der Waals surface area (Å²) >= 11 is 0. The highest BCUT2D eigenvalue weighted by Crippen LogP contribution is 2.28. The van der Waals surface area contributed by atoms with Crippen molar-refractivity contribution in [2.24, 2.45) is 5.73 Å². The third-order valence-corrected chi connectivity index (χ3v) is 4.36. The fourth-order valence-electron chi connectivity index (χ4n) is 3.21. The molecule has 0 unspecified atom stereocenters. The van der Waals surface area contributed by atoms with Gasteiger partial charge in [0.15, 0.2) is 0 Å². The van der Waals surface area contributed by atoms with Crippen molar-refractivity contribution in [3.8, 4) is 0 Å². The molecule has 1 fully saturated rings. The Bertz CT molecular complexity index is 420. The molecule has 0 saturated heterocycles. The summed E-state index contributed by atoms with van der Waals surface area (Å²) in [5.74, 6) is 1.10. The van der Waals surface area contributed by atoms with E-state index in [9.17, 15) is 0 Å². The van der Waals surface area contributed by atoms with E-state index in [-0.39, 0.29) is 0 Å². The first-order chi connectivity index (χ1) is 9.13. The van der Waals surface area contributed by atoms with Gasteiger partial charge < -0.3 is 10.6 Å². The zero-order chi connectivity index (χ0) is 13.8. The number of rotatable bonds is 3. The molecule has 3 heteroatoms. The Morgan fingerprint density at radius 2 is 1.84 bits per heavy atom. The molecule has 19 heavy (non-hydrogen) atoms. The summed E-state index contributed by atoms with van der Waals surface area (Å²) in [6, 6.07) is 2.76. The van der Waals surface area contributed by atoms with E-state index in [1.165, 1.54) is 49.7 Å². The van der Waals surface area contributed by atoms with Gasteiger partial charge in [-0.1, -0.05) is 25.7 Å². The summed E-state index contributed by atoms with van der Waals surface area (Å²) in [7, 11) is 2.19. The zero-order valence-electron chi connectivity index (χ0n) is 12.6. The molecular formula is C16H27N3. The minimum atomic E-state index is 0.575. The van der Waals surface area contributed by atoms with Crippen molar-refractivity contribution in [1.29, 1.82) is 0 Å². The smallest absolute Gasteiger partial charge is 0.133 e. The van der Waals surface area contributed by atoms with Crippen LogP contribution in [0.15, 0.2) is 6.07 Å². The van der Waals surface area contributed by atoms with Crippen LogP contribution in [-0.4, -0.2) is 18.1 Å². The Morgan fingerprint density at radius 3 is 2.42 bits per heavy atom. The fraction of sp³-hybridized carbons (Fsp3) is 0.688. The van der Waals surface area contributed by atoms with Gasteiger partial charge in [0, 0.05) is 30.9 Å². The second-order valence-electron chi connectivity index (χ2n) is 5.84. The van der Waals surface area contributed by atoms with E-state index in [4.69, 9.17) is 10.7 Å². The first-order valence-electron chi connectivity index (χ1n) is 7.53. The van der Waals surface area contributed by atoms with Gasteiger partial charge in [-0.15, -0.1) is 0 Å². The number of nitrogens with zero attached hydrogens (tertiary/aromatic N) is 2. The molecule has 2 N–H and O–H groups in total. The van der Waals surface area contributed by atoms with E-state index in [0.29, 0.717) is 12.6 Å². The first kappa shape index (κ1) is 14.3. The van der Waals surface area contributed by atoms with Crippen LogP contribution in [0.5, 0.6) is 0 Å². The third kappa shape index (κ3) is 3.27. The molecule has 1 heterocycles. The van der Waals surface area contributed by atoms with Gasteiger partial charge in [-0.2, -0.15) is 0 Å². The van der Waals surface area contributed by atoms with Gasteiger partial charge in [0.2, 0.25) is 0 Å². The maximum atomic E-state index is 5.93. The van der Waals surface area contributed by atoms with Crippen LogP contribution in [0.2, 0.25) is 0 Å². The van der Waals surface area contributed by atoms with Crippen LogP contribution in [0, 0.1) is 13.8 Å². The van der Waals surface area contributed by atoms with E-state index in [2.05, 4.69) is 31.9 Å². The second kappa shape index (κ2) is 6.38. The highest BCUT2D eigenvalue weighted by Gasteiger charge is 2.21. The number of hydrogen-bond acceptors (Lipinski definition) is 3. The van der Waals surface area contributed by atoms with E-state index in [0.717, 1.165) is 11.5 Å². The largest absolute Gasteiger partial charge is 0.356 e. The summed E-state index contributed by atoms with van der Waals surface area (Å²) in [6.07, 6.45) is 8.03. The molecule has 0 bridgehead atoms. The van der Waals surface area contributed by atoms with Gasteiger partial charge in [0.05, 0.1) is 0 Å². The maximum absolute atomic E-state index is 5.93. The lowest BCUT2D eigenvalue weighted by atomic mass is 10.0. The third-order valence-electron chi connectivity index (χ3n) is 4.36. The number of pyridine rings is 1. The summed E-state index contributed by atoms with van der Waals surface area (Å²) < 4.78 is 0. The molecule has 0 amide bonds. The van der Waals surface area contributed by atoms with Gasteiger partial charge in [-0.3, -0.25) is 0 Å². The molecule has 1 aromatic heterocycles. The molecule has 0 aromatic carbocycles. The predicted molar refractivity (Wildman–Crippen MR) is 81.5 cm³/mol. The minimum absolute atomic E-state index is 0.575. The molecule has 1 aliphatic rings. The van der Waals surface area contributed by atoms with Gasteiger partial charge in [0.25, 0.3) is 0 Å². The molecule has 1 saturated carbocycles. The van der Waals surface area contributed by atoms with Crippen molar-refractivity contribution in [3.63, 3.8) is 0 Å². The average molecular weight is 261 g/mol. The number of aromatic nitrogens is 1. The molecule has 1 aliphatic carbocycles. The Labute approximate surface area is 117 Å². The first-order valence-corrected chi connectivity index (χ1v) is 7.53. The predicted octanol–water partition coefficient (Wildman–Crippen LogP) is 3.32. The van der Waals surface area contributed by atoms with Crippen LogP contribution in [0.3, 0.4) is 0 Å². The van der Waals surface area contributed by atoms with Crippen molar-refractivity contribution in [3.05, 3.63) is 22.9 Å². The zero-order valence-corrected chi connectivity index (χ0v) is 12.6. The molecule has 2 rings (SSSR count). The van der Waals surface area contributed by atoms with Crippen LogP contribution in [-0.2, 0) is 6.54 Å². The van der Waals surface area contributed by atoms with Crippen molar-refractivity contribution >= 4 is 5.82 Å². The van der Waals surface area contributed by atoms with Gasteiger partial charge >= 0.3 is 0 Å². The molecule has 0 aliphatic heterocycles. The molecule has 0 spiro atoms. The molecule has 106 valence electrons. The Morgan fingerprint density at radius 1 is 1.21 bits per heavy atom. The normalized spacial score (nSPS) is 17.3. The highest BCUT2D eigenvalue weighted by molar-refractivity contribution is 5.51. The van der Waals surface area contributed by atoms with E-state index >= 15 is 0 Å². The number of anilines is 1. The van der Waals surface area contributed by atoms with Gasteiger partial charge in [0.1, 0.15) is 5.82 Å². The molecular weight excluding hydrogens is 234 g/mol. The van der Waals surface area contributed by atoms with Crippen molar-refractivity contribution < 1.29 is 0 Å². The standard InChI is InChI=1S/C16H27N3/c1-12-10-13(2)18-16(15(12)11-17)19(3)14-8-6-4-5-7-9-14/h10,14H,4-9,11,17H2,1-3H3. The minimum Gasteiger partial charge on any atom is -0.356 e. The maximum Gasteiger partial charge on any atom is 0.133 e. The van der Waals surface area contributed by atoms with E-state index in [1.807, 2.05) is 0 Å². The monoisotopic (exact) mass is 261 g/mol. The summed E-state index contributed by atoms with van der Waals surface area (Å²) in [5, 5.41) is 0. The van der Waals surface area contributed by atoms with Gasteiger partial charge in [-0.25, -0.2) is 4.98 Å². The summed E-state index contributed by atoms with van der Waals surface area (Å²) in [4.78, 5) is 7.14. The van der Waals surface area contributed by atoms with Crippen LogP contribution < -0.4 is 10.6 Å². The summed E-state index contributed by atoms with van der Waals surface area (Å²) in [5.41, 5.74) is 9.50. The van der Waals surface area contributed by atoms with E-state index < -0.39 is 0 Å². The lowest BCUT2D eigenvalue weighted by Crippen LogP contribution is -2.33. The molecule has 0 atom stereocenters. The Balaban J connectivity index is 2.28. The lowest BCUT2D eigenvalue weighted by Gasteiger charge is -2.30. The van der Waals surface area contributed by atoms with Crippen LogP contribution in [0.4, 0.5) is 5.82 Å². The van der Waals surface area contributed by atoms with Crippen molar-refractivity contribution in [1.82, 2.24) is 4.98 Å². The second-order valence-corrected chi connectivity index (χ2v) is 5.84. The topological polar surface area (TPSA) is 42.1 Å². The van der Waals surface area contributed by atoms with E-state index in [1.54, 1.807) is 0 Å². The number of hydrogen-bond donors (Lipinski definition) is 1. The number of nitrogens with two attached hydrogens (primary N) is 1. The average Bonchev–Trinajstić information content (AvgIpc) is 2.66. The Hall–Kier alpha value is -1.09. The number of aryl methyl sites for hydroxylation is 2. The van der Waals surface area contributed by atoms with Gasteiger partial charge in [-0.05, 0) is 38.3 Å². The van der Waals surface area contributed by atoms with Crippen LogP contribution in [0.25, 0.3) is 0 Å². The van der Waals surface area contributed by atoms with Crippen molar-refractivity contribution in [2.75, 3.05) is 11.9 Å². The highest BCUT2D eigenvalue weighted by atomic mass is 15.2. The lowest BCUT2D eigenvalue weighted by molar-refractivity contribution is 0.547. The fourth-order valence-corrected chi connectivity index (χ4v) is 3.21. The molecule has 3 nitrogen and oxygen atoms in total. The SMILES string of the molecule is Cc1cc(C)c(CN)c(N(C)C2CCCCCC2)n1. The van der Waals surface area contributed by atoms with Crippen LogP contribution in [0.1, 0.15) is 55.3 Å². The Kier molecular flexibility index (Phi) is 4.81.